The fourth-order valence-corrected chi connectivity index (χ4v) is 2.51. The molecule has 0 aliphatic heterocycles. The monoisotopic (exact) mass is 402 g/mol. The molecule has 154 valence electrons. The summed E-state index contributed by atoms with van der Waals surface area (Å²) in [6, 6.07) is 11.0. The second-order valence-corrected chi connectivity index (χ2v) is 7.30. The van der Waals surface area contributed by atoms with Crippen LogP contribution in [-0.2, 0) is 14.3 Å². The van der Waals surface area contributed by atoms with Crippen molar-refractivity contribution in [1.82, 2.24) is 4.90 Å². The van der Waals surface area contributed by atoms with Gasteiger partial charge in [0, 0.05) is 11.2 Å². The number of phenols is 1. The van der Waals surface area contributed by atoms with E-state index in [2.05, 4.69) is 5.32 Å². The molecule has 2 aromatic rings. The SMILES string of the molecule is CC(C)(C)N(CC(=O)Nc1ccc(F)cc1)C(=O)COC(=O)c1ccccc1O. The smallest absolute Gasteiger partial charge is 0.342 e. The number of phenolic OH excluding ortho intramolecular Hbond substituents is 1. The first-order chi connectivity index (χ1) is 13.6. The number of nitrogens with one attached hydrogen (secondary N) is 1. The van der Waals surface area contributed by atoms with Crippen LogP contribution in [0.25, 0.3) is 0 Å². The fourth-order valence-electron chi connectivity index (χ4n) is 2.51. The van der Waals surface area contributed by atoms with Crippen LogP contribution in [0.15, 0.2) is 48.5 Å². The van der Waals surface area contributed by atoms with Gasteiger partial charge in [0.05, 0.1) is 0 Å². The van der Waals surface area contributed by atoms with Crippen molar-refractivity contribution in [2.75, 3.05) is 18.5 Å². The highest BCUT2D eigenvalue weighted by Crippen LogP contribution is 2.18. The second-order valence-electron chi connectivity index (χ2n) is 7.30. The van der Waals surface area contributed by atoms with Crippen molar-refractivity contribution in [3.8, 4) is 5.75 Å². The third-order valence-electron chi connectivity index (χ3n) is 3.99. The van der Waals surface area contributed by atoms with Gasteiger partial charge < -0.3 is 20.1 Å². The predicted octanol–water partition coefficient (Wildman–Crippen LogP) is 2.95. The number of halogens is 1. The first-order valence-electron chi connectivity index (χ1n) is 8.89. The normalized spacial score (nSPS) is 10.9. The van der Waals surface area contributed by atoms with E-state index in [1.807, 2.05) is 0 Å². The number of benzene rings is 2. The lowest BCUT2D eigenvalue weighted by Gasteiger charge is -2.35. The number of rotatable bonds is 6. The minimum Gasteiger partial charge on any atom is -0.507 e. The Labute approximate surface area is 168 Å². The molecule has 2 N–H and O–H groups in total. The summed E-state index contributed by atoms with van der Waals surface area (Å²) >= 11 is 0. The van der Waals surface area contributed by atoms with E-state index in [4.69, 9.17) is 4.74 Å². The highest BCUT2D eigenvalue weighted by Gasteiger charge is 2.29. The topological polar surface area (TPSA) is 95.9 Å². The molecule has 0 heterocycles. The molecule has 2 rings (SSSR count). The predicted molar refractivity (Wildman–Crippen MR) is 105 cm³/mol. The summed E-state index contributed by atoms with van der Waals surface area (Å²) in [5.74, 6) is -2.58. The van der Waals surface area contributed by atoms with Crippen LogP contribution in [0, 0.1) is 5.82 Å². The van der Waals surface area contributed by atoms with Crippen molar-refractivity contribution in [1.29, 1.82) is 0 Å². The number of esters is 1. The largest absolute Gasteiger partial charge is 0.507 e. The summed E-state index contributed by atoms with van der Waals surface area (Å²) < 4.78 is 18.0. The third kappa shape index (κ3) is 6.31. The number of hydrogen-bond acceptors (Lipinski definition) is 5. The quantitative estimate of drug-likeness (QED) is 0.725. The molecule has 2 amide bonds. The number of para-hydroxylation sites is 1. The van der Waals surface area contributed by atoms with Gasteiger partial charge in [-0.05, 0) is 57.2 Å². The zero-order chi connectivity index (χ0) is 21.6. The number of carbonyl (C=O) groups is 3. The lowest BCUT2D eigenvalue weighted by atomic mass is 10.1. The van der Waals surface area contributed by atoms with Gasteiger partial charge in [0.25, 0.3) is 5.91 Å². The van der Waals surface area contributed by atoms with E-state index in [0.29, 0.717) is 5.69 Å². The summed E-state index contributed by atoms with van der Waals surface area (Å²) in [5, 5.41) is 12.3. The molecule has 0 spiro atoms. The van der Waals surface area contributed by atoms with Gasteiger partial charge in [0.15, 0.2) is 6.61 Å². The molecule has 0 saturated carbocycles. The maximum absolute atomic E-state index is 13.0. The van der Waals surface area contributed by atoms with Gasteiger partial charge in [0.1, 0.15) is 23.7 Å². The van der Waals surface area contributed by atoms with E-state index >= 15 is 0 Å². The van der Waals surface area contributed by atoms with Crippen LogP contribution in [0.3, 0.4) is 0 Å². The van der Waals surface area contributed by atoms with Crippen molar-refractivity contribution >= 4 is 23.5 Å². The number of ether oxygens (including phenoxy) is 1. The van der Waals surface area contributed by atoms with Crippen molar-refractivity contribution in [2.45, 2.75) is 26.3 Å². The minimum atomic E-state index is -0.846. The molecule has 7 nitrogen and oxygen atoms in total. The zero-order valence-electron chi connectivity index (χ0n) is 16.4. The van der Waals surface area contributed by atoms with Crippen LogP contribution in [-0.4, -0.2) is 46.5 Å². The summed E-state index contributed by atoms with van der Waals surface area (Å²) in [6.07, 6.45) is 0. The highest BCUT2D eigenvalue weighted by molar-refractivity contribution is 5.96. The Kier molecular flexibility index (Phi) is 6.93. The molecule has 0 fully saturated rings. The number of anilines is 1. The Morgan fingerprint density at radius 1 is 1.07 bits per heavy atom. The Hall–Kier alpha value is -3.42. The molecule has 0 aromatic heterocycles. The molecule has 0 radical (unpaired) electrons. The maximum Gasteiger partial charge on any atom is 0.342 e. The minimum absolute atomic E-state index is 0.0586. The summed E-state index contributed by atoms with van der Waals surface area (Å²) in [7, 11) is 0. The molecule has 0 bridgehead atoms. The van der Waals surface area contributed by atoms with Gasteiger partial charge in [-0.3, -0.25) is 9.59 Å². The zero-order valence-corrected chi connectivity index (χ0v) is 16.4. The molecule has 8 heteroatoms. The number of nitrogens with zero attached hydrogens (tertiary/aromatic N) is 1. The van der Waals surface area contributed by atoms with Crippen molar-refractivity contribution in [3.05, 3.63) is 59.9 Å². The van der Waals surface area contributed by atoms with E-state index in [1.54, 1.807) is 32.9 Å². The van der Waals surface area contributed by atoms with Gasteiger partial charge in [-0.1, -0.05) is 12.1 Å². The lowest BCUT2D eigenvalue weighted by molar-refractivity contribution is -0.142. The van der Waals surface area contributed by atoms with Crippen LogP contribution >= 0.6 is 0 Å². The molecule has 0 aliphatic carbocycles. The Morgan fingerprint density at radius 3 is 2.28 bits per heavy atom. The third-order valence-corrected chi connectivity index (χ3v) is 3.99. The van der Waals surface area contributed by atoms with E-state index in [9.17, 15) is 23.9 Å². The molecule has 0 unspecified atom stereocenters. The van der Waals surface area contributed by atoms with Gasteiger partial charge >= 0.3 is 5.97 Å². The number of carbonyl (C=O) groups excluding carboxylic acids is 3. The highest BCUT2D eigenvalue weighted by atomic mass is 19.1. The number of hydrogen-bond donors (Lipinski definition) is 2. The molecule has 0 atom stereocenters. The van der Waals surface area contributed by atoms with Gasteiger partial charge in [0.2, 0.25) is 5.91 Å². The summed E-state index contributed by atoms with van der Waals surface area (Å²) in [4.78, 5) is 38.3. The lowest BCUT2D eigenvalue weighted by Crippen LogP contribution is -2.50. The summed E-state index contributed by atoms with van der Waals surface area (Å²) in [5.41, 5.74) is -0.390. The van der Waals surface area contributed by atoms with Crippen LogP contribution in [0.2, 0.25) is 0 Å². The molecular formula is C21H23FN2O5. The fraction of sp³-hybridized carbons (Fsp3) is 0.286. The van der Waals surface area contributed by atoms with Crippen LogP contribution in [0.4, 0.5) is 10.1 Å². The standard InChI is InChI=1S/C21H23FN2O5/c1-21(2,3)24(12-18(26)23-15-10-8-14(22)9-11-15)19(27)13-29-20(28)16-6-4-5-7-17(16)25/h4-11,25H,12-13H2,1-3H3,(H,23,26). The van der Waals surface area contributed by atoms with Crippen molar-refractivity contribution in [2.24, 2.45) is 0 Å². The first kappa shape index (κ1) is 21.9. The molecular weight excluding hydrogens is 379 g/mol. The second kappa shape index (κ2) is 9.18. The van der Waals surface area contributed by atoms with Crippen molar-refractivity contribution < 1.29 is 28.6 Å². The average molecular weight is 402 g/mol. The van der Waals surface area contributed by atoms with E-state index in [1.165, 1.54) is 41.3 Å². The van der Waals surface area contributed by atoms with Gasteiger partial charge in [-0.25, -0.2) is 9.18 Å². The Balaban J connectivity index is 2.00. The van der Waals surface area contributed by atoms with E-state index in [0.717, 1.165) is 0 Å². The first-order valence-corrected chi connectivity index (χ1v) is 8.89. The number of aromatic hydroxyl groups is 1. The van der Waals surface area contributed by atoms with Crippen molar-refractivity contribution in [3.63, 3.8) is 0 Å². The molecule has 0 aliphatic rings. The molecule has 29 heavy (non-hydrogen) atoms. The molecule has 0 saturated heterocycles. The maximum atomic E-state index is 13.0. The van der Waals surface area contributed by atoms with E-state index in [-0.39, 0.29) is 17.9 Å². The number of amides is 2. The van der Waals surface area contributed by atoms with Gasteiger partial charge in [-0.2, -0.15) is 0 Å². The van der Waals surface area contributed by atoms with Gasteiger partial charge in [-0.15, -0.1) is 0 Å². The van der Waals surface area contributed by atoms with Crippen LogP contribution in [0.1, 0.15) is 31.1 Å². The molecule has 2 aromatic carbocycles. The van der Waals surface area contributed by atoms with Crippen LogP contribution < -0.4 is 5.32 Å². The van der Waals surface area contributed by atoms with Crippen LogP contribution in [0.5, 0.6) is 5.75 Å². The Bertz CT molecular complexity index is 891. The average Bonchev–Trinajstić information content (AvgIpc) is 2.65. The van der Waals surface area contributed by atoms with E-state index < -0.39 is 35.7 Å². The Morgan fingerprint density at radius 2 is 1.69 bits per heavy atom. The summed E-state index contributed by atoms with van der Waals surface area (Å²) in [6.45, 7) is 4.34.